The molecule has 5 nitrogen and oxygen atoms in total. The van der Waals surface area contributed by atoms with Crippen molar-refractivity contribution in [2.24, 2.45) is 0 Å². The third kappa shape index (κ3) is 4.80. The minimum absolute atomic E-state index is 0.0161. The molecule has 0 saturated carbocycles. The third-order valence-electron chi connectivity index (χ3n) is 3.41. The summed E-state index contributed by atoms with van der Waals surface area (Å²) in [5.41, 5.74) is 1.05. The highest BCUT2D eigenvalue weighted by Gasteiger charge is 2.21. The van der Waals surface area contributed by atoms with Gasteiger partial charge in [-0.05, 0) is 42.7 Å². The van der Waals surface area contributed by atoms with Gasteiger partial charge in [0.15, 0.2) is 0 Å². The molecule has 0 atom stereocenters. The van der Waals surface area contributed by atoms with Gasteiger partial charge in [-0.3, -0.25) is 0 Å². The molecule has 0 amide bonds. The van der Waals surface area contributed by atoms with Gasteiger partial charge in [-0.1, -0.05) is 35.9 Å². The number of sulfonamides is 1. The molecule has 0 bridgehead atoms. The van der Waals surface area contributed by atoms with E-state index in [-0.39, 0.29) is 17.0 Å². The Morgan fingerprint density at radius 2 is 1.92 bits per heavy atom. The Bertz CT molecular complexity index is 821. The van der Waals surface area contributed by atoms with E-state index in [4.69, 9.17) is 11.6 Å². The van der Waals surface area contributed by atoms with Gasteiger partial charge < -0.3 is 4.74 Å². The molecular weight excluding hydrogens is 350 g/mol. The van der Waals surface area contributed by atoms with Gasteiger partial charge in [0, 0.05) is 11.6 Å². The van der Waals surface area contributed by atoms with E-state index >= 15 is 0 Å². The standard InChI is InChI=1S/C17H18ClNO4S/c1-23-17(20)15-9-2-3-10-16(15)24(21,22)19-11-5-7-13-6-4-8-14(18)12-13/h2-4,6,8-10,12,19H,5,7,11H2,1H3. The fraction of sp³-hybridized carbons (Fsp3) is 0.235. The van der Waals surface area contributed by atoms with Crippen LogP contribution in [0.5, 0.6) is 0 Å². The zero-order valence-corrected chi connectivity index (χ0v) is 14.7. The molecule has 1 N–H and O–H groups in total. The van der Waals surface area contributed by atoms with E-state index in [1.54, 1.807) is 18.2 Å². The van der Waals surface area contributed by atoms with Crippen molar-refractivity contribution in [3.63, 3.8) is 0 Å². The highest BCUT2D eigenvalue weighted by atomic mass is 35.5. The van der Waals surface area contributed by atoms with Gasteiger partial charge in [0.25, 0.3) is 0 Å². The van der Waals surface area contributed by atoms with Crippen molar-refractivity contribution >= 4 is 27.6 Å². The highest BCUT2D eigenvalue weighted by molar-refractivity contribution is 7.89. The molecule has 2 aromatic rings. The van der Waals surface area contributed by atoms with Crippen LogP contribution in [0, 0.1) is 0 Å². The average Bonchev–Trinajstić information content (AvgIpc) is 2.58. The molecule has 0 spiro atoms. The van der Waals surface area contributed by atoms with Crippen molar-refractivity contribution in [2.45, 2.75) is 17.7 Å². The number of hydrogen-bond donors (Lipinski definition) is 1. The molecule has 0 unspecified atom stereocenters. The minimum atomic E-state index is -3.79. The monoisotopic (exact) mass is 367 g/mol. The van der Waals surface area contributed by atoms with Crippen LogP contribution >= 0.6 is 11.6 Å². The summed E-state index contributed by atoms with van der Waals surface area (Å²) in [5, 5.41) is 0.653. The van der Waals surface area contributed by atoms with Crippen molar-refractivity contribution < 1.29 is 17.9 Å². The van der Waals surface area contributed by atoms with Gasteiger partial charge in [0.05, 0.1) is 17.6 Å². The first-order chi connectivity index (χ1) is 11.4. The Morgan fingerprint density at radius 1 is 1.17 bits per heavy atom. The highest BCUT2D eigenvalue weighted by Crippen LogP contribution is 2.16. The smallest absolute Gasteiger partial charge is 0.339 e. The van der Waals surface area contributed by atoms with Crippen LogP contribution in [0.2, 0.25) is 5.02 Å². The van der Waals surface area contributed by atoms with Crippen molar-refractivity contribution in [3.05, 3.63) is 64.7 Å². The lowest BCUT2D eigenvalue weighted by Gasteiger charge is -2.10. The van der Waals surface area contributed by atoms with Crippen LogP contribution < -0.4 is 4.72 Å². The molecular formula is C17H18ClNO4S. The lowest BCUT2D eigenvalue weighted by molar-refractivity contribution is 0.0596. The van der Waals surface area contributed by atoms with Gasteiger partial charge in [-0.25, -0.2) is 17.9 Å². The minimum Gasteiger partial charge on any atom is -0.465 e. The second-order valence-electron chi connectivity index (χ2n) is 5.12. The summed E-state index contributed by atoms with van der Waals surface area (Å²) in [7, 11) is -2.57. The lowest BCUT2D eigenvalue weighted by atomic mass is 10.1. The number of nitrogens with one attached hydrogen (secondary N) is 1. The predicted octanol–water partition coefficient (Wildman–Crippen LogP) is 3.04. The zero-order chi connectivity index (χ0) is 17.6. The van der Waals surface area contributed by atoms with Crippen LogP contribution in [-0.2, 0) is 21.2 Å². The van der Waals surface area contributed by atoms with Crippen LogP contribution in [0.15, 0.2) is 53.4 Å². The molecule has 7 heteroatoms. The number of rotatable bonds is 7. The molecule has 0 fully saturated rings. The van der Waals surface area contributed by atoms with E-state index in [1.165, 1.54) is 19.2 Å². The van der Waals surface area contributed by atoms with Crippen molar-refractivity contribution in [3.8, 4) is 0 Å². The van der Waals surface area contributed by atoms with Gasteiger partial charge in [-0.2, -0.15) is 0 Å². The number of ether oxygens (including phenoxy) is 1. The molecule has 0 aromatic heterocycles. The third-order valence-corrected chi connectivity index (χ3v) is 5.16. The molecule has 128 valence electrons. The van der Waals surface area contributed by atoms with E-state index in [2.05, 4.69) is 9.46 Å². The Labute approximate surface area is 146 Å². The number of benzene rings is 2. The van der Waals surface area contributed by atoms with Gasteiger partial charge in [-0.15, -0.1) is 0 Å². The Kier molecular flexibility index (Phi) is 6.36. The first-order valence-electron chi connectivity index (χ1n) is 7.35. The van der Waals surface area contributed by atoms with Crippen molar-refractivity contribution in [2.75, 3.05) is 13.7 Å². The summed E-state index contributed by atoms with van der Waals surface area (Å²) >= 11 is 5.92. The van der Waals surface area contributed by atoms with Crippen molar-refractivity contribution in [1.82, 2.24) is 4.72 Å². The molecule has 0 aliphatic rings. The van der Waals surface area contributed by atoms with Crippen LogP contribution in [0.3, 0.4) is 0 Å². The van der Waals surface area contributed by atoms with E-state index in [0.29, 0.717) is 17.9 Å². The molecule has 2 rings (SSSR count). The summed E-state index contributed by atoms with van der Waals surface area (Å²) in [6.45, 7) is 0.254. The summed E-state index contributed by atoms with van der Waals surface area (Å²) in [6, 6.07) is 13.4. The van der Waals surface area contributed by atoms with E-state index in [1.807, 2.05) is 18.2 Å². The summed E-state index contributed by atoms with van der Waals surface area (Å²) in [4.78, 5) is 11.6. The fourth-order valence-electron chi connectivity index (χ4n) is 2.25. The molecule has 0 radical (unpaired) electrons. The molecule has 0 aliphatic carbocycles. The predicted molar refractivity (Wildman–Crippen MR) is 92.7 cm³/mol. The second-order valence-corrected chi connectivity index (χ2v) is 7.29. The van der Waals surface area contributed by atoms with Crippen LogP contribution in [0.25, 0.3) is 0 Å². The summed E-state index contributed by atoms with van der Waals surface area (Å²) in [6.07, 6.45) is 1.31. The van der Waals surface area contributed by atoms with E-state index in [0.717, 1.165) is 5.56 Å². The normalized spacial score (nSPS) is 11.2. The summed E-state index contributed by atoms with van der Waals surface area (Å²) in [5.74, 6) is -0.685. The number of esters is 1. The Balaban J connectivity index is 2.00. The van der Waals surface area contributed by atoms with E-state index in [9.17, 15) is 13.2 Å². The lowest BCUT2D eigenvalue weighted by Crippen LogP contribution is -2.27. The van der Waals surface area contributed by atoms with E-state index < -0.39 is 16.0 Å². The fourth-order valence-corrected chi connectivity index (χ4v) is 3.73. The number of carbonyl (C=O) groups excluding carboxylic acids is 1. The average molecular weight is 368 g/mol. The second kappa shape index (κ2) is 8.28. The van der Waals surface area contributed by atoms with Gasteiger partial charge in [0.1, 0.15) is 0 Å². The Hall–Kier alpha value is -1.89. The maximum atomic E-state index is 12.4. The van der Waals surface area contributed by atoms with Crippen LogP contribution in [0.4, 0.5) is 0 Å². The number of halogens is 1. The Morgan fingerprint density at radius 3 is 2.62 bits per heavy atom. The van der Waals surface area contributed by atoms with Crippen molar-refractivity contribution in [1.29, 1.82) is 0 Å². The quantitative estimate of drug-likeness (QED) is 0.603. The topological polar surface area (TPSA) is 72.5 Å². The molecule has 0 aliphatic heterocycles. The maximum absolute atomic E-state index is 12.4. The van der Waals surface area contributed by atoms with Crippen LogP contribution in [0.1, 0.15) is 22.3 Å². The number of carbonyl (C=O) groups is 1. The number of methoxy groups -OCH3 is 1. The SMILES string of the molecule is COC(=O)c1ccccc1S(=O)(=O)NCCCc1cccc(Cl)c1. The number of aryl methyl sites for hydroxylation is 1. The van der Waals surface area contributed by atoms with Gasteiger partial charge >= 0.3 is 5.97 Å². The first kappa shape index (κ1) is 18.4. The molecule has 2 aromatic carbocycles. The summed E-state index contributed by atoms with van der Waals surface area (Å²) < 4.78 is 31.9. The first-order valence-corrected chi connectivity index (χ1v) is 9.21. The molecule has 0 saturated heterocycles. The van der Waals surface area contributed by atoms with Crippen LogP contribution in [-0.4, -0.2) is 28.0 Å². The molecule has 0 heterocycles. The largest absolute Gasteiger partial charge is 0.465 e. The molecule has 24 heavy (non-hydrogen) atoms. The zero-order valence-electron chi connectivity index (χ0n) is 13.2. The maximum Gasteiger partial charge on any atom is 0.339 e. The number of hydrogen-bond acceptors (Lipinski definition) is 4. The van der Waals surface area contributed by atoms with Gasteiger partial charge in [0.2, 0.25) is 10.0 Å².